The van der Waals surface area contributed by atoms with Gasteiger partial charge in [0.15, 0.2) is 5.16 Å². The molecule has 9 heteroatoms. The molecule has 0 spiro atoms. The number of benzene rings is 1. The Bertz CT molecular complexity index is 671. The van der Waals surface area contributed by atoms with Crippen LogP contribution in [0.2, 0.25) is 0 Å². The zero-order valence-corrected chi connectivity index (χ0v) is 14.4. The number of aromatic nitrogens is 3. The Balaban J connectivity index is 2.16. The highest BCUT2D eigenvalue weighted by Gasteiger charge is 2.18. The van der Waals surface area contributed by atoms with Gasteiger partial charge < -0.3 is 9.30 Å². The Labute approximate surface area is 140 Å². The van der Waals surface area contributed by atoms with Crippen LogP contribution >= 0.6 is 27.7 Å². The number of rotatable bonds is 4. The number of hydrazone groups is 1. The van der Waals surface area contributed by atoms with Crippen LogP contribution in [0.4, 0.5) is 5.69 Å². The largest absolute Gasteiger partial charge is 0.461 e. The van der Waals surface area contributed by atoms with Gasteiger partial charge in [-0.15, -0.1) is 10.2 Å². The zero-order chi connectivity index (χ0) is 15.9. The molecule has 1 heterocycles. The van der Waals surface area contributed by atoms with Crippen molar-refractivity contribution in [3.63, 3.8) is 0 Å². The van der Waals surface area contributed by atoms with Gasteiger partial charge in [-0.2, -0.15) is 5.10 Å². The topological polar surface area (TPSA) is 81.4 Å². The van der Waals surface area contributed by atoms with Gasteiger partial charge in [0.25, 0.3) is 0 Å². The van der Waals surface area contributed by atoms with Gasteiger partial charge in [-0.25, -0.2) is 4.79 Å². The van der Waals surface area contributed by atoms with E-state index in [9.17, 15) is 4.79 Å². The molecule has 1 N–H and O–H groups in total. The van der Waals surface area contributed by atoms with E-state index in [-0.39, 0.29) is 11.7 Å². The highest BCUT2D eigenvalue weighted by molar-refractivity contribution is 9.10. The number of carbonyl (C=O) groups excluding carboxylic acids is 1. The highest BCUT2D eigenvalue weighted by atomic mass is 79.9. The minimum Gasteiger partial charge on any atom is -0.461 e. The van der Waals surface area contributed by atoms with E-state index in [0.29, 0.717) is 5.16 Å². The molecule has 0 amide bonds. The molecule has 0 bridgehead atoms. The summed E-state index contributed by atoms with van der Waals surface area (Å²) in [5.74, 6) is -0.514. The number of nitrogens with one attached hydrogen (secondary N) is 1. The second-order valence-electron chi connectivity index (χ2n) is 4.08. The van der Waals surface area contributed by atoms with E-state index >= 15 is 0 Å². The van der Waals surface area contributed by atoms with Crippen molar-refractivity contribution in [1.82, 2.24) is 14.8 Å². The number of esters is 1. The lowest BCUT2D eigenvalue weighted by Crippen LogP contribution is -2.16. The Morgan fingerprint density at radius 1 is 1.45 bits per heavy atom. The van der Waals surface area contributed by atoms with Crippen molar-refractivity contribution in [1.29, 1.82) is 0 Å². The molecule has 22 heavy (non-hydrogen) atoms. The first-order valence-electron chi connectivity index (χ1n) is 6.38. The van der Waals surface area contributed by atoms with Crippen LogP contribution in [0.1, 0.15) is 6.92 Å². The molecule has 0 saturated heterocycles. The minimum atomic E-state index is -0.514. The maximum absolute atomic E-state index is 12.0. The van der Waals surface area contributed by atoms with E-state index < -0.39 is 5.97 Å². The fraction of sp³-hybridized carbons (Fsp3) is 0.231. The number of anilines is 1. The molecule has 0 radical (unpaired) electrons. The van der Waals surface area contributed by atoms with E-state index in [1.165, 1.54) is 0 Å². The second-order valence-corrected chi connectivity index (χ2v) is 5.95. The van der Waals surface area contributed by atoms with Crippen LogP contribution < -0.4 is 5.43 Å². The van der Waals surface area contributed by atoms with Crippen molar-refractivity contribution in [2.45, 2.75) is 12.1 Å². The van der Waals surface area contributed by atoms with Crippen molar-refractivity contribution < 1.29 is 9.53 Å². The SMILES string of the molecule is CCOC(=O)C(=NNc1ccc(Br)cc1)Sc1nncn1C. The average Bonchev–Trinajstić information content (AvgIpc) is 2.90. The molecular formula is C13H14BrN5O2S. The van der Waals surface area contributed by atoms with Crippen LogP contribution in [-0.2, 0) is 16.6 Å². The third kappa shape index (κ3) is 4.57. The van der Waals surface area contributed by atoms with Crippen LogP contribution in [0.5, 0.6) is 0 Å². The van der Waals surface area contributed by atoms with Crippen LogP contribution in [0, 0.1) is 0 Å². The molecule has 0 saturated carbocycles. The highest BCUT2D eigenvalue weighted by Crippen LogP contribution is 2.18. The van der Waals surface area contributed by atoms with E-state index in [1.54, 1.807) is 24.9 Å². The summed E-state index contributed by atoms with van der Waals surface area (Å²) in [6.45, 7) is 2.01. The molecule has 1 aromatic carbocycles. The monoisotopic (exact) mass is 383 g/mol. The molecule has 2 rings (SSSR count). The minimum absolute atomic E-state index is 0.154. The number of aryl methyl sites for hydroxylation is 1. The van der Waals surface area contributed by atoms with Crippen molar-refractivity contribution in [2.75, 3.05) is 12.0 Å². The smallest absolute Gasteiger partial charge is 0.365 e. The molecule has 2 aromatic rings. The summed E-state index contributed by atoms with van der Waals surface area (Å²) in [5, 5.41) is 12.5. The summed E-state index contributed by atoms with van der Waals surface area (Å²) in [5.41, 5.74) is 3.58. The number of carbonyl (C=O) groups is 1. The van der Waals surface area contributed by atoms with Gasteiger partial charge in [-0.05, 0) is 43.0 Å². The first-order chi connectivity index (χ1) is 10.6. The third-order valence-electron chi connectivity index (χ3n) is 2.44. The number of thioether (sulfide) groups is 1. The van der Waals surface area contributed by atoms with Crippen LogP contribution in [0.3, 0.4) is 0 Å². The Morgan fingerprint density at radius 3 is 2.77 bits per heavy atom. The Kier molecular flexibility index (Phi) is 5.96. The van der Waals surface area contributed by atoms with Crippen molar-refractivity contribution in [3.8, 4) is 0 Å². The van der Waals surface area contributed by atoms with Gasteiger partial charge >= 0.3 is 5.97 Å². The van der Waals surface area contributed by atoms with Crippen molar-refractivity contribution in [2.24, 2.45) is 12.1 Å². The Morgan fingerprint density at radius 2 is 2.18 bits per heavy atom. The number of nitrogens with zero attached hydrogens (tertiary/aromatic N) is 4. The van der Waals surface area contributed by atoms with E-state index in [1.807, 2.05) is 24.3 Å². The number of halogens is 1. The maximum Gasteiger partial charge on any atom is 0.365 e. The number of hydrogen-bond acceptors (Lipinski definition) is 7. The number of hydrogen-bond donors (Lipinski definition) is 1. The van der Waals surface area contributed by atoms with Gasteiger partial charge in [0.05, 0.1) is 12.3 Å². The first-order valence-corrected chi connectivity index (χ1v) is 7.99. The lowest BCUT2D eigenvalue weighted by Gasteiger charge is -2.06. The second kappa shape index (κ2) is 7.95. The molecule has 0 unspecified atom stereocenters. The maximum atomic E-state index is 12.0. The molecule has 0 atom stereocenters. The predicted octanol–water partition coefficient (Wildman–Crippen LogP) is 2.66. The van der Waals surface area contributed by atoms with Gasteiger partial charge in [-0.3, -0.25) is 5.43 Å². The number of ether oxygens (including phenoxy) is 1. The molecular weight excluding hydrogens is 370 g/mol. The van der Waals surface area contributed by atoms with E-state index in [0.717, 1.165) is 21.9 Å². The quantitative estimate of drug-likeness (QED) is 0.287. The summed E-state index contributed by atoms with van der Waals surface area (Å²) in [4.78, 5) is 12.0. The third-order valence-corrected chi connectivity index (χ3v) is 3.97. The summed E-state index contributed by atoms with van der Waals surface area (Å²) >= 11 is 4.44. The average molecular weight is 384 g/mol. The van der Waals surface area contributed by atoms with Crippen LogP contribution in [-0.4, -0.2) is 32.4 Å². The van der Waals surface area contributed by atoms with Crippen LogP contribution in [0.15, 0.2) is 45.3 Å². The van der Waals surface area contributed by atoms with Gasteiger partial charge in [0.1, 0.15) is 6.33 Å². The fourth-order valence-corrected chi connectivity index (χ4v) is 2.34. The Hall–Kier alpha value is -1.87. The molecule has 0 fully saturated rings. The molecule has 0 aliphatic carbocycles. The van der Waals surface area contributed by atoms with E-state index in [2.05, 4.69) is 36.7 Å². The molecule has 0 aliphatic heterocycles. The summed E-state index contributed by atoms with van der Waals surface area (Å²) in [7, 11) is 1.78. The lowest BCUT2D eigenvalue weighted by atomic mass is 10.3. The standard InChI is InChI=1S/C13H14BrN5O2S/c1-3-21-12(20)11(22-13-18-15-8-19(13)2)17-16-10-6-4-9(14)5-7-10/h4-8,16H,3H2,1-2H3. The first kappa shape index (κ1) is 16.5. The van der Waals surface area contributed by atoms with Gasteiger partial charge in [0, 0.05) is 11.5 Å². The lowest BCUT2D eigenvalue weighted by molar-refractivity contribution is -0.134. The fourth-order valence-electron chi connectivity index (χ4n) is 1.39. The normalized spacial score (nSPS) is 11.3. The van der Waals surface area contributed by atoms with Crippen molar-refractivity contribution >= 4 is 44.4 Å². The molecule has 1 aromatic heterocycles. The molecule has 116 valence electrons. The predicted molar refractivity (Wildman–Crippen MR) is 88.7 cm³/mol. The summed E-state index contributed by atoms with van der Waals surface area (Å²) in [6, 6.07) is 7.42. The zero-order valence-electron chi connectivity index (χ0n) is 12.0. The molecule has 7 nitrogen and oxygen atoms in total. The van der Waals surface area contributed by atoms with Crippen molar-refractivity contribution in [3.05, 3.63) is 35.1 Å². The molecule has 0 aliphatic rings. The summed E-state index contributed by atoms with van der Waals surface area (Å²) in [6.07, 6.45) is 1.55. The van der Waals surface area contributed by atoms with Gasteiger partial charge in [0.2, 0.25) is 5.04 Å². The summed E-state index contributed by atoms with van der Waals surface area (Å²) < 4.78 is 7.66. The van der Waals surface area contributed by atoms with Crippen LogP contribution in [0.25, 0.3) is 0 Å². The van der Waals surface area contributed by atoms with E-state index in [4.69, 9.17) is 4.74 Å². The van der Waals surface area contributed by atoms with Gasteiger partial charge in [-0.1, -0.05) is 15.9 Å².